The first-order chi connectivity index (χ1) is 28.8. The summed E-state index contributed by atoms with van der Waals surface area (Å²) in [6, 6.07) is 63.9. The number of benzene rings is 9. The smallest absolute Gasteiger partial charge is 0.0627 e. The zero-order chi connectivity index (χ0) is 37.4. The molecule has 0 radical (unpaired) electrons. The largest absolute Gasteiger partial charge is 0.308 e. The Morgan fingerprint density at radius 2 is 0.707 bits per heavy atom. The maximum atomic E-state index is 2.60. The van der Waals surface area contributed by atoms with Crippen LogP contribution in [0.4, 0.5) is 0 Å². The van der Waals surface area contributed by atoms with E-state index >= 15 is 0 Å². The third-order valence-electron chi connectivity index (χ3n) is 13.2. The van der Waals surface area contributed by atoms with Gasteiger partial charge >= 0.3 is 0 Å². The first kappa shape index (κ1) is 30.2. The average Bonchev–Trinajstić information content (AvgIpc) is 4.12. The van der Waals surface area contributed by atoms with Crippen LogP contribution in [-0.4, -0.2) is 8.80 Å². The normalized spacial score (nSPS) is 12.8. The second kappa shape index (κ2) is 10.5. The van der Waals surface area contributed by atoms with E-state index in [1.807, 2.05) is 22.7 Å². The molecule has 266 valence electrons. The summed E-state index contributed by atoms with van der Waals surface area (Å²) in [5, 5.41) is 16.0. The van der Waals surface area contributed by atoms with Gasteiger partial charge in [-0.05, 0) is 70.8 Å². The van der Waals surface area contributed by atoms with Crippen molar-refractivity contribution in [2.45, 2.75) is 0 Å². The first-order valence-electron chi connectivity index (χ1n) is 19.9. The molecule has 0 saturated heterocycles. The lowest BCUT2D eigenvalue weighted by atomic mass is 9.94. The Balaban J connectivity index is 1.20. The Morgan fingerprint density at radius 1 is 0.276 bits per heavy atom. The van der Waals surface area contributed by atoms with Gasteiger partial charge in [-0.15, -0.1) is 22.7 Å². The highest BCUT2D eigenvalue weighted by Crippen LogP contribution is 2.52. The summed E-state index contributed by atoms with van der Waals surface area (Å²) in [5.41, 5.74) is 12.7. The fourth-order valence-electron chi connectivity index (χ4n) is 10.9. The van der Waals surface area contributed by atoms with Crippen LogP contribution in [0.25, 0.3) is 139 Å². The monoisotopic (exact) mass is 768 g/mol. The van der Waals surface area contributed by atoms with E-state index in [4.69, 9.17) is 0 Å². The molecule has 0 saturated carbocycles. The van der Waals surface area contributed by atoms with Crippen molar-refractivity contribution in [3.63, 3.8) is 0 Å². The van der Waals surface area contributed by atoms with Gasteiger partial charge in [0.2, 0.25) is 0 Å². The van der Waals surface area contributed by atoms with Crippen molar-refractivity contribution in [3.8, 4) is 22.3 Å². The highest BCUT2D eigenvalue weighted by atomic mass is 32.1. The highest BCUT2D eigenvalue weighted by Gasteiger charge is 2.27. The van der Waals surface area contributed by atoms with E-state index in [2.05, 4.69) is 179 Å². The maximum Gasteiger partial charge on any atom is 0.0627 e. The summed E-state index contributed by atoms with van der Waals surface area (Å²) in [6.45, 7) is 0. The molecule has 9 aromatic carbocycles. The maximum absolute atomic E-state index is 2.60. The van der Waals surface area contributed by atoms with E-state index in [1.165, 1.54) is 139 Å². The van der Waals surface area contributed by atoms with Gasteiger partial charge in [-0.1, -0.05) is 121 Å². The second-order valence-electron chi connectivity index (χ2n) is 15.9. The molecule has 0 amide bonds. The molecule has 2 nitrogen and oxygen atoms in total. The van der Waals surface area contributed by atoms with Crippen LogP contribution in [0.3, 0.4) is 0 Å². The minimum absolute atomic E-state index is 1.24. The van der Waals surface area contributed by atoms with E-state index in [0.29, 0.717) is 0 Å². The Labute approximate surface area is 338 Å². The molecule has 0 N–H and O–H groups in total. The predicted molar refractivity (Wildman–Crippen MR) is 252 cm³/mol. The van der Waals surface area contributed by atoms with Crippen molar-refractivity contribution in [2.24, 2.45) is 0 Å². The molecule has 0 unspecified atom stereocenters. The van der Waals surface area contributed by atoms with Gasteiger partial charge in [0.25, 0.3) is 0 Å². The van der Waals surface area contributed by atoms with E-state index in [-0.39, 0.29) is 0 Å². The molecule has 0 spiro atoms. The van der Waals surface area contributed by atoms with Crippen molar-refractivity contribution >= 4 is 139 Å². The molecule has 0 atom stereocenters. The molecule has 0 aliphatic carbocycles. The van der Waals surface area contributed by atoms with E-state index in [9.17, 15) is 0 Å². The number of hydrogen-bond acceptors (Lipinski definition) is 2. The SMILES string of the molecule is c1ccc(-c2ccc3c4c5c(ccc4n4c6cc7c8c(-c9ccccc9)ccc9c%10c%11c(ccc%10n(c7cc6c2c34)c98)sc2ccccc2%11)sc2ccccc25)cc1. The molecule has 15 aromatic rings. The number of rotatable bonds is 2. The molecular formula is C54H28N2S2. The predicted octanol–water partition coefficient (Wildman–Crippen LogP) is 16.1. The van der Waals surface area contributed by atoms with Crippen LogP contribution in [0.2, 0.25) is 0 Å². The Kier molecular flexibility index (Phi) is 5.46. The molecule has 0 aliphatic heterocycles. The molecule has 0 fully saturated rings. The minimum Gasteiger partial charge on any atom is -0.308 e. The second-order valence-corrected chi connectivity index (χ2v) is 18.1. The van der Waals surface area contributed by atoms with Crippen LogP contribution >= 0.6 is 22.7 Å². The van der Waals surface area contributed by atoms with Crippen LogP contribution in [0.5, 0.6) is 0 Å². The summed E-state index contributed by atoms with van der Waals surface area (Å²) < 4.78 is 10.6. The molecule has 15 rings (SSSR count). The Hall–Kier alpha value is -6.98. The van der Waals surface area contributed by atoms with E-state index in [0.717, 1.165) is 0 Å². The first-order valence-corrected chi connectivity index (χ1v) is 21.6. The van der Waals surface area contributed by atoms with Crippen molar-refractivity contribution in [1.29, 1.82) is 0 Å². The van der Waals surface area contributed by atoms with Crippen LogP contribution in [-0.2, 0) is 0 Å². The fourth-order valence-corrected chi connectivity index (χ4v) is 13.2. The molecule has 6 heterocycles. The number of nitrogens with zero attached hydrogens (tertiary/aromatic N) is 2. The van der Waals surface area contributed by atoms with Crippen molar-refractivity contribution < 1.29 is 0 Å². The van der Waals surface area contributed by atoms with Gasteiger partial charge in [-0.2, -0.15) is 0 Å². The van der Waals surface area contributed by atoms with Crippen LogP contribution in [0.15, 0.2) is 170 Å². The number of hydrogen-bond donors (Lipinski definition) is 0. The van der Waals surface area contributed by atoms with Gasteiger partial charge in [0.05, 0.1) is 33.1 Å². The number of aromatic nitrogens is 2. The molecule has 4 heteroatoms. The summed E-state index contributed by atoms with van der Waals surface area (Å²) in [6.07, 6.45) is 0. The molecule has 58 heavy (non-hydrogen) atoms. The van der Waals surface area contributed by atoms with Gasteiger partial charge in [0.15, 0.2) is 0 Å². The molecule has 0 bridgehead atoms. The van der Waals surface area contributed by atoms with Gasteiger partial charge in [0, 0.05) is 83.4 Å². The van der Waals surface area contributed by atoms with Crippen LogP contribution in [0, 0.1) is 0 Å². The quantitative estimate of drug-likeness (QED) is 0.166. The molecular weight excluding hydrogens is 741 g/mol. The van der Waals surface area contributed by atoms with Gasteiger partial charge in [-0.25, -0.2) is 0 Å². The van der Waals surface area contributed by atoms with Gasteiger partial charge in [-0.3, -0.25) is 0 Å². The van der Waals surface area contributed by atoms with Gasteiger partial charge < -0.3 is 8.80 Å². The van der Waals surface area contributed by atoms with Crippen molar-refractivity contribution in [3.05, 3.63) is 170 Å². The third-order valence-corrected chi connectivity index (χ3v) is 15.4. The summed E-state index contributed by atoms with van der Waals surface area (Å²) in [5.74, 6) is 0. The lowest BCUT2D eigenvalue weighted by Crippen LogP contribution is -1.84. The van der Waals surface area contributed by atoms with Crippen LogP contribution in [0.1, 0.15) is 0 Å². The topological polar surface area (TPSA) is 8.82 Å². The summed E-state index contributed by atoms with van der Waals surface area (Å²) in [7, 11) is 0. The molecule has 0 aliphatic rings. The van der Waals surface area contributed by atoms with Crippen molar-refractivity contribution in [2.75, 3.05) is 0 Å². The lowest BCUT2D eigenvalue weighted by Gasteiger charge is -2.07. The minimum atomic E-state index is 1.24. The zero-order valence-electron chi connectivity index (χ0n) is 30.9. The fraction of sp³-hybridized carbons (Fsp3) is 0. The zero-order valence-corrected chi connectivity index (χ0v) is 32.5. The summed E-state index contributed by atoms with van der Waals surface area (Å²) >= 11 is 3.80. The third kappa shape index (κ3) is 3.53. The van der Waals surface area contributed by atoms with Crippen LogP contribution < -0.4 is 0 Å². The standard InChI is InChI=1S/C54H28N2S2/c1-3-11-29(12-4-1)31-19-21-35-49-39(23-25-45-51(49)33-15-7-9-17-43(33)57-45)55-41-28-38-42(27-37(41)47(31)53(35)55)56-40-24-26-46-52(34-16-8-10-18-44(34)58-46)50(40)36-22-20-32(48(38)54(36)56)30-13-5-2-6-14-30/h1-28H. The lowest BCUT2D eigenvalue weighted by molar-refractivity contribution is 1.36. The van der Waals surface area contributed by atoms with E-state index in [1.54, 1.807) is 0 Å². The Morgan fingerprint density at radius 3 is 1.17 bits per heavy atom. The number of fused-ring (bicyclic) bond motifs is 20. The van der Waals surface area contributed by atoms with Crippen molar-refractivity contribution in [1.82, 2.24) is 8.80 Å². The van der Waals surface area contributed by atoms with Gasteiger partial charge in [0.1, 0.15) is 0 Å². The number of thiophene rings is 2. The average molecular weight is 769 g/mol. The van der Waals surface area contributed by atoms with E-state index < -0.39 is 0 Å². The Bertz CT molecular complexity index is 3960. The highest BCUT2D eigenvalue weighted by molar-refractivity contribution is 7.26. The molecule has 6 aromatic heterocycles. The summed E-state index contributed by atoms with van der Waals surface area (Å²) in [4.78, 5) is 0.